The van der Waals surface area contributed by atoms with Gasteiger partial charge in [0.05, 0.1) is 16.2 Å². The first-order chi connectivity index (χ1) is 17.4. The van der Waals surface area contributed by atoms with Crippen LogP contribution < -0.4 is 10.2 Å². The van der Waals surface area contributed by atoms with Crippen LogP contribution >= 0.6 is 24.0 Å². The van der Waals surface area contributed by atoms with Crippen LogP contribution in [0.4, 0.5) is 15.8 Å². The van der Waals surface area contributed by atoms with Gasteiger partial charge in [-0.05, 0) is 36.8 Å². The summed E-state index contributed by atoms with van der Waals surface area (Å²) < 4.78 is 13.6. The Hall–Kier alpha value is -3.04. The van der Waals surface area contributed by atoms with Crippen LogP contribution in [0.5, 0.6) is 0 Å². The minimum absolute atomic E-state index is 0.241. The van der Waals surface area contributed by atoms with Crippen LogP contribution in [0.25, 0.3) is 5.57 Å². The Bertz CT molecular complexity index is 1210. The number of benzene rings is 2. The maximum absolute atomic E-state index is 13.5. The van der Waals surface area contributed by atoms with E-state index in [4.69, 9.17) is 12.2 Å². The first-order valence-corrected chi connectivity index (χ1v) is 13.4. The number of hydrogen-bond acceptors (Lipinski definition) is 5. The zero-order valence-corrected chi connectivity index (χ0v) is 21.7. The Kier molecular flexibility index (Phi) is 8.53. The number of carbonyl (C=O) groups is 3. The molecule has 0 unspecified atom stereocenters. The molecule has 2 aliphatic heterocycles. The summed E-state index contributed by atoms with van der Waals surface area (Å²) in [6, 6.07) is 12.5. The summed E-state index contributed by atoms with van der Waals surface area (Å²) in [5.41, 5.74) is 1.88. The number of thioether (sulfide) groups is 1. The number of nitrogens with zero attached hydrogens (tertiary/aromatic N) is 2. The lowest BCUT2D eigenvalue weighted by atomic mass is 10.1. The van der Waals surface area contributed by atoms with Crippen molar-refractivity contribution >= 4 is 63.0 Å². The molecule has 3 amide bonds. The lowest BCUT2D eigenvalue weighted by Gasteiger charge is -2.17. The monoisotopic (exact) mass is 525 g/mol. The molecule has 0 saturated carbocycles. The van der Waals surface area contributed by atoms with E-state index in [2.05, 4.69) is 12.2 Å². The van der Waals surface area contributed by atoms with Gasteiger partial charge in [-0.15, -0.1) is 0 Å². The van der Waals surface area contributed by atoms with E-state index in [1.807, 2.05) is 0 Å². The third kappa shape index (κ3) is 5.68. The number of unbranched alkanes of at least 4 members (excludes halogenated alkanes) is 5. The number of carbonyl (C=O) groups excluding carboxylic acids is 3. The number of thiocarbonyl (C=S) groups is 1. The van der Waals surface area contributed by atoms with Crippen molar-refractivity contribution in [2.24, 2.45) is 0 Å². The molecule has 2 aliphatic rings. The smallest absolute Gasteiger partial charge is 0.267 e. The fourth-order valence-corrected chi connectivity index (χ4v) is 5.71. The van der Waals surface area contributed by atoms with Gasteiger partial charge in [0.2, 0.25) is 5.91 Å². The van der Waals surface area contributed by atoms with Crippen LogP contribution in [-0.2, 0) is 14.4 Å². The highest BCUT2D eigenvalue weighted by Gasteiger charge is 2.42. The second kappa shape index (κ2) is 11.8. The van der Waals surface area contributed by atoms with Gasteiger partial charge in [0.15, 0.2) is 0 Å². The van der Waals surface area contributed by atoms with Crippen molar-refractivity contribution in [1.29, 1.82) is 0 Å². The van der Waals surface area contributed by atoms with Crippen LogP contribution in [0, 0.1) is 5.82 Å². The quantitative estimate of drug-likeness (QED) is 0.243. The first kappa shape index (κ1) is 26.0. The van der Waals surface area contributed by atoms with E-state index in [9.17, 15) is 18.8 Å². The maximum Gasteiger partial charge on any atom is 0.267 e. The van der Waals surface area contributed by atoms with Gasteiger partial charge in [-0.2, -0.15) is 0 Å². The summed E-state index contributed by atoms with van der Waals surface area (Å²) in [5, 5.41) is 2.68. The lowest BCUT2D eigenvalue weighted by Crippen LogP contribution is -2.35. The molecule has 0 atom stereocenters. The molecular formula is C27H28FN3O3S2. The molecule has 6 nitrogen and oxygen atoms in total. The average Bonchev–Trinajstić information content (AvgIpc) is 3.29. The van der Waals surface area contributed by atoms with Crippen molar-refractivity contribution in [3.63, 3.8) is 0 Å². The van der Waals surface area contributed by atoms with Gasteiger partial charge in [-0.25, -0.2) is 4.39 Å². The van der Waals surface area contributed by atoms with E-state index >= 15 is 0 Å². The highest BCUT2D eigenvalue weighted by atomic mass is 32.2. The van der Waals surface area contributed by atoms with Crippen LogP contribution in [0.15, 0.2) is 53.4 Å². The number of halogens is 1. The number of nitrogens with one attached hydrogen (secondary N) is 1. The number of hydrogen-bond donors (Lipinski definition) is 1. The van der Waals surface area contributed by atoms with Crippen LogP contribution in [-0.4, -0.2) is 40.0 Å². The molecule has 0 aromatic heterocycles. The van der Waals surface area contributed by atoms with Crippen molar-refractivity contribution in [2.75, 3.05) is 23.3 Å². The van der Waals surface area contributed by atoms with Crippen LogP contribution in [0.2, 0.25) is 0 Å². The van der Waals surface area contributed by atoms with Crippen molar-refractivity contribution in [1.82, 2.24) is 4.90 Å². The van der Waals surface area contributed by atoms with E-state index in [0.29, 0.717) is 32.7 Å². The van der Waals surface area contributed by atoms with Crippen molar-refractivity contribution in [3.05, 3.63) is 64.8 Å². The maximum atomic E-state index is 13.5. The highest BCUT2D eigenvalue weighted by Crippen LogP contribution is 2.44. The third-order valence-corrected chi connectivity index (χ3v) is 7.61. The Labute approximate surface area is 219 Å². The Morgan fingerprint density at radius 2 is 1.64 bits per heavy atom. The number of anilines is 2. The van der Waals surface area contributed by atoms with Crippen LogP contribution in [0.1, 0.15) is 51.0 Å². The molecule has 188 valence electrons. The standard InChI is InChI=1S/C27H28FN3O3S2/c1-2-3-4-5-6-9-16-30-26(34)24(36-27(30)35)23-20-10-7-8-11-21(20)31(25(23)33)17-22(32)29-19-14-12-18(28)13-15-19/h7-8,10-15H,2-6,9,16-17H2,1H3,(H,29,32). The molecule has 0 aliphatic carbocycles. The fraction of sp³-hybridized carbons (Fsp3) is 0.333. The van der Waals surface area contributed by atoms with Gasteiger partial charge in [0.1, 0.15) is 16.7 Å². The summed E-state index contributed by atoms with van der Waals surface area (Å²) in [4.78, 5) is 42.8. The molecule has 2 aromatic rings. The SMILES string of the molecule is CCCCCCCCN1C(=O)C(=C2C(=O)N(CC(=O)Nc3ccc(F)cc3)c3ccccc32)SC1=S. The molecule has 1 N–H and O–H groups in total. The Morgan fingerprint density at radius 1 is 0.944 bits per heavy atom. The Morgan fingerprint density at radius 3 is 2.39 bits per heavy atom. The minimum Gasteiger partial charge on any atom is -0.325 e. The van der Waals surface area contributed by atoms with E-state index in [-0.39, 0.29) is 18.0 Å². The zero-order chi connectivity index (χ0) is 25.7. The third-order valence-electron chi connectivity index (χ3n) is 6.16. The topological polar surface area (TPSA) is 69.7 Å². The van der Waals surface area contributed by atoms with E-state index in [1.165, 1.54) is 48.4 Å². The summed E-state index contributed by atoms with van der Waals surface area (Å²) >= 11 is 6.63. The number of amides is 3. The first-order valence-electron chi connectivity index (χ1n) is 12.1. The number of fused-ring (bicyclic) bond motifs is 1. The zero-order valence-electron chi connectivity index (χ0n) is 20.1. The summed E-state index contributed by atoms with van der Waals surface area (Å²) in [6.45, 7) is 2.47. The van der Waals surface area contributed by atoms with Gasteiger partial charge in [0.25, 0.3) is 11.8 Å². The highest BCUT2D eigenvalue weighted by molar-refractivity contribution is 8.26. The molecule has 0 spiro atoms. The van der Waals surface area contributed by atoms with Gasteiger partial charge in [-0.1, -0.05) is 81.2 Å². The van der Waals surface area contributed by atoms with Gasteiger partial charge >= 0.3 is 0 Å². The van der Waals surface area contributed by atoms with Crippen molar-refractivity contribution in [3.8, 4) is 0 Å². The molecule has 9 heteroatoms. The molecule has 0 radical (unpaired) electrons. The molecule has 0 bridgehead atoms. The van der Waals surface area contributed by atoms with Gasteiger partial charge in [-0.3, -0.25) is 24.2 Å². The van der Waals surface area contributed by atoms with E-state index < -0.39 is 17.6 Å². The second-order valence-electron chi connectivity index (χ2n) is 8.76. The largest absolute Gasteiger partial charge is 0.325 e. The van der Waals surface area contributed by atoms with Gasteiger partial charge in [0, 0.05) is 17.8 Å². The lowest BCUT2D eigenvalue weighted by molar-refractivity contribution is -0.122. The van der Waals surface area contributed by atoms with E-state index in [1.54, 1.807) is 29.2 Å². The molecule has 1 saturated heterocycles. The average molecular weight is 526 g/mol. The summed E-state index contributed by atoms with van der Waals surface area (Å²) in [5.74, 6) is -1.50. The Balaban J connectivity index is 1.50. The van der Waals surface area contributed by atoms with E-state index in [0.717, 1.165) is 31.0 Å². The van der Waals surface area contributed by atoms with Gasteiger partial charge < -0.3 is 5.32 Å². The normalized spacial score (nSPS) is 17.2. The van der Waals surface area contributed by atoms with Crippen molar-refractivity contribution in [2.45, 2.75) is 45.4 Å². The predicted molar refractivity (Wildman–Crippen MR) is 146 cm³/mol. The molecule has 36 heavy (non-hydrogen) atoms. The summed E-state index contributed by atoms with van der Waals surface area (Å²) in [6.07, 6.45) is 6.61. The number of para-hydroxylation sites is 1. The molecule has 1 fully saturated rings. The second-order valence-corrected chi connectivity index (χ2v) is 10.4. The number of rotatable bonds is 10. The predicted octanol–water partition coefficient (Wildman–Crippen LogP) is 5.74. The molecular weight excluding hydrogens is 497 g/mol. The molecule has 2 aromatic carbocycles. The minimum atomic E-state index is -0.429. The van der Waals surface area contributed by atoms with Crippen molar-refractivity contribution < 1.29 is 18.8 Å². The summed E-state index contributed by atoms with van der Waals surface area (Å²) in [7, 11) is 0. The molecule has 2 heterocycles. The molecule has 4 rings (SSSR count). The fourth-order valence-electron chi connectivity index (χ4n) is 4.33. The van der Waals surface area contributed by atoms with Crippen LogP contribution in [0.3, 0.4) is 0 Å².